The highest BCUT2D eigenvalue weighted by molar-refractivity contribution is 6.58. The number of hydrogen-bond donors (Lipinski definition) is 0. The highest BCUT2D eigenvalue weighted by Crippen LogP contribution is 2.20. The van der Waals surface area contributed by atoms with Crippen LogP contribution in [0.2, 0.25) is 0 Å². The van der Waals surface area contributed by atoms with E-state index in [0.29, 0.717) is 6.54 Å². The Morgan fingerprint density at radius 3 is 2.45 bits per heavy atom. The van der Waals surface area contributed by atoms with Gasteiger partial charge in [0, 0.05) is 6.04 Å². The predicted octanol–water partition coefficient (Wildman–Crippen LogP) is 1.86. The molecule has 0 radical (unpaired) electrons. The van der Waals surface area contributed by atoms with Gasteiger partial charge in [0.05, 0.1) is 0 Å². The highest BCUT2D eigenvalue weighted by Gasteiger charge is 2.30. The summed E-state index contributed by atoms with van der Waals surface area (Å²) in [5, 5.41) is 0. The molecule has 0 amide bonds. The lowest BCUT2D eigenvalue weighted by atomic mass is 9.91. The van der Waals surface area contributed by atoms with Crippen molar-refractivity contribution < 1.29 is 12.9 Å². The van der Waals surface area contributed by atoms with Gasteiger partial charge in [-0.1, -0.05) is 0 Å². The monoisotopic (exact) mass is 166 g/mol. The molecule has 0 spiro atoms. The zero-order valence-electron chi connectivity index (χ0n) is 6.56. The van der Waals surface area contributed by atoms with Crippen molar-refractivity contribution in [2.45, 2.75) is 25.8 Å². The lowest BCUT2D eigenvalue weighted by molar-refractivity contribution is 0.274. The molecule has 11 heavy (non-hydrogen) atoms. The average molecular weight is 166 g/mol. The third-order valence-electron chi connectivity index (χ3n) is 2.13. The molecule has 1 nitrogen and oxygen atoms in total. The molecule has 0 saturated carbocycles. The van der Waals surface area contributed by atoms with Gasteiger partial charge in [0.15, 0.2) is 0 Å². The Balaban J connectivity index is 2.37. The van der Waals surface area contributed by atoms with Crippen LogP contribution in [-0.4, -0.2) is 30.9 Å². The van der Waals surface area contributed by atoms with Crippen LogP contribution in [0.1, 0.15) is 19.8 Å². The molecule has 1 fully saturated rings. The largest absolute Gasteiger partial charge is 0.492 e. The summed E-state index contributed by atoms with van der Waals surface area (Å²) >= 11 is 0. The van der Waals surface area contributed by atoms with Gasteiger partial charge < -0.3 is 17.8 Å². The second kappa shape index (κ2) is 3.05. The van der Waals surface area contributed by atoms with Crippen LogP contribution in [0.25, 0.3) is 0 Å². The van der Waals surface area contributed by atoms with E-state index in [9.17, 15) is 12.9 Å². The van der Waals surface area contributed by atoms with Crippen LogP contribution in [0.4, 0.5) is 12.9 Å². The van der Waals surface area contributed by atoms with E-state index in [-0.39, 0.29) is 6.04 Å². The summed E-state index contributed by atoms with van der Waals surface area (Å²) in [4.78, 5) is 1.51. The molecule has 0 aromatic rings. The van der Waals surface area contributed by atoms with E-state index in [0.717, 1.165) is 12.8 Å². The minimum Gasteiger partial charge on any atom is -0.448 e. The fourth-order valence-corrected chi connectivity index (χ4v) is 1.53. The Morgan fingerprint density at radius 1 is 1.45 bits per heavy atom. The molecule has 1 atom stereocenters. The quantitative estimate of drug-likeness (QED) is 0.565. The number of rotatable bonds is 2. The van der Waals surface area contributed by atoms with Gasteiger partial charge in [0.1, 0.15) is 0 Å². The summed E-state index contributed by atoms with van der Waals surface area (Å²) in [6.45, 7) is -2.15. The lowest BCUT2D eigenvalue weighted by Crippen LogP contribution is -2.39. The molecular weight excluding hydrogens is 154 g/mol. The summed E-state index contributed by atoms with van der Waals surface area (Å²) in [5.41, 5.74) is 0. The Labute approximate surface area is 64.6 Å². The SMILES string of the molecule is C[C@H]1CCCN1C[B-](F)(F)F. The second-order valence-electron chi connectivity index (χ2n) is 3.20. The molecule has 5 heteroatoms. The minimum atomic E-state index is -4.62. The van der Waals surface area contributed by atoms with E-state index in [1.54, 1.807) is 0 Å². The van der Waals surface area contributed by atoms with Crippen molar-refractivity contribution in [1.29, 1.82) is 0 Å². The Morgan fingerprint density at radius 2 is 2.09 bits per heavy atom. The molecule has 0 aliphatic carbocycles. The summed E-state index contributed by atoms with van der Waals surface area (Å²) in [7, 11) is 0. The lowest BCUT2D eigenvalue weighted by Gasteiger charge is -2.26. The van der Waals surface area contributed by atoms with E-state index >= 15 is 0 Å². The van der Waals surface area contributed by atoms with Gasteiger partial charge in [-0.05, 0) is 32.8 Å². The fraction of sp³-hybridized carbons (Fsp3) is 1.00. The summed E-state index contributed by atoms with van der Waals surface area (Å²) in [6.07, 6.45) is 1.14. The molecule has 0 aromatic heterocycles. The minimum absolute atomic E-state index is 0.124. The second-order valence-corrected chi connectivity index (χ2v) is 3.20. The van der Waals surface area contributed by atoms with Gasteiger partial charge in [0.25, 0.3) is 0 Å². The van der Waals surface area contributed by atoms with Gasteiger partial charge in [-0.3, -0.25) is 0 Å². The molecule has 0 N–H and O–H groups in total. The van der Waals surface area contributed by atoms with Crippen molar-refractivity contribution in [2.24, 2.45) is 0 Å². The van der Waals surface area contributed by atoms with Crippen LogP contribution in [-0.2, 0) is 0 Å². The molecule has 0 bridgehead atoms. The Kier molecular flexibility index (Phi) is 2.47. The van der Waals surface area contributed by atoms with Crippen LogP contribution >= 0.6 is 0 Å². The van der Waals surface area contributed by atoms with E-state index in [2.05, 4.69) is 0 Å². The van der Waals surface area contributed by atoms with Crippen molar-refractivity contribution in [3.8, 4) is 0 Å². The maximum absolute atomic E-state index is 11.9. The van der Waals surface area contributed by atoms with Crippen LogP contribution in [0, 0.1) is 0 Å². The molecule has 66 valence electrons. The molecule has 1 aliphatic heterocycles. The summed E-state index contributed by atoms with van der Waals surface area (Å²) < 4.78 is 35.7. The molecule has 1 heterocycles. The van der Waals surface area contributed by atoms with Gasteiger partial charge >= 0.3 is 6.98 Å². The van der Waals surface area contributed by atoms with Gasteiger partial charge in [-0.15, -0.1) is 0 Å². The van der Waals surface area contributed by atoms with Crippen molar-refractivity contribution in [3.05, 3.63) is 0 Å². The van der Waals surface area contributed by atoms with Crippen LogP contribution in [0.3, 0.4) is 0 Å². The number of likely N-dealkylation sites (tertiary alicyclic amines) is 1. The number of nitrogens with zero attached hydrogens (tertiary/aromatic N) is 1. The average Bonchev–Trinajstić information content (AvgIpc) is 2.12. The number of halogens is 3. The third-order valence-corrected chi connectivity index (χ3v) is 2.13. The van der Waals surface area contributed by atoms with Crippen LogP contribution in [0.5, 0.6) is 0 Å². The Bertz CT molecular complexity index is 136. The maximum Gasteiger partial charge on any atom is 0.492 e. The van der Waals surface area contributed by atoms with E-state index in [4.69, 9.17) is 0 Å². The van der Waals surface area contributed by atoms with Crippen molar-refractivity contribution in [2.75, 3.05) is 13.0 Å². The van der Waals surface area contributed by atoms with E-state index in [1.807, 2.05) is 6.92 Å². The third kappa shape index (κ3) is 2.73. The molecule has 1 aliphatic rings. The summed E-state index contributed by atoms with van der Waals surface area (Å²) in [6, 6.07) is 0.124. The normalized spacial score (nSPS) is 27.8. The van der Waals surface area contributed by atoms with Crippen molar-refractivity contribution in [3.63, 3.8) is 0 Å². The molecule has 1 saturated heterocycles. The summed E-state index contributed by atoms with van der Waals surface area (Å²) in [5.74, 6) is 0. The van der Waals surface area contributed by atoms with Crippen molar-refractivity contribution in [1.82, 2.24) is 4.90 Å². The number of hydrogen-bond acceptors (Lipinski definition) is 1. The van der Waals surface area contributed by atoms with E-state index in [1.165, 1.54) is 4.90 Å². The van der Waals surface area contributed by atoms with Crippen LogP contribution in [0.15, 0.2) is 0 Å². The first-order valence-electron chi connectivity index (χ1n) is 3.94. The first kappa shape index (κ1) is 8.91. The first-order valence-corrected chi connectivity index (χ1v) is 3.94. The van der Waals surface area contributed by atoms with Crippen LogP contribution < -0.4 is 0 Å². The molecular formula is C6H12BF3N-. The zero-order chi connectivity index (χ0) is 8.48. The topological polar surface area (TPSA) is 3.24 Å². The van der Waals surface area contributed by atoms with Gasteiger partial charge in [-0.25, -0.2) is 0 Å². The van der Waals surface area contributed by atoms with E-state index < -0.39 is 13.4 Å². The standard InChI is InChI=1S/C6H12BF3N/c1-6-3-2-4-11(6)5-7(8,9)10/h6H,2-5H2,1H3/q-1/t6-/m0/s1. The Hall–Kier alpha value is -0.185. The van der Waals surface area contributed by atoms with Crippen molar-refractivity contribution >= 4 is 6.98 Å². The fourth-order valence-electron chi connectivity index (χ4n) is 1.53. The highest BCUT2D eigenvalue weighted by atomic mass is 19.4. The smallest absolute Gasteiger partial charge is 0.448 e. The predicted molar refractivity (Wildman–Crippen MR) is 39.3 cm³/mol. The molecule has 0 unspecified atom stereocenters. The molecule has 0 aromatic carbocycles. The first-order chi connectivity index (χ1) is 4.99. The zero-order valence-corrected chi connectivity index (χ0v) is 6.56. The maximum atomic E-state index is 11.9. The van der Waals surface area contributed by atoms with Gasteiger partial charge in [0.2, 0.25) is 0 Å². The molecule has 1 rings (SSSR count). The van der Waals surface area contributed by atoms with Gasteiger partial charge in [-0.2, -0.15) is 0 Å².